The molecule has 0 aliphatic heterocycles. The van der Waals surface area contributed by atoms with Gasteiger partial charge in [-0.3, -0.25) is 4.79 Å². The number of unbranched alkanes of at least 4 members (excludes halogenated alkanes) is 4. The fourth-order valence-corrected chi connectivity index (χ4v) is 3.45. The topological polar surface area (TPSA) is 98.0 Å². The number of aliphatic carboxylic acids is 1. The zero-order chi connectivity index (χ0) is 17.2. The molecule has 0 spiro atoms. The van der Waals surface area contributed by atoms with Crippen LogP contribution in [0.3, 0.4) is 0 Å². The molecule has 0 bridgehead atoms. The Bertz CT molecular complexity index is 368. The smallest absolute Gasteiger partial charge is 0.303 e. The van der Waals surface area contributed by atoms with Crippen molar-refractivity contribution in [2.75, 3.05) is 0 Å². The maximum atomic E-state index is 10.4. The summed E-state index contributed by atoms with van der Waals surface area (Å²) < 4.78 is 0. The predicted octanol–water partition coefficient (Wildman–Crippen LogP) is 2.49. The van der Waals surface area contributed by atoms with Gasteiger partial charge in [-0.1, -0.05) is 51.2 Å². The fraction of sp³-hybridized carbons (Fsp3) is 0.833. The van der Waals surface area contributed by atoms with Crippen molar-refractivity contribution in [2.24, 2.45) is 11.8 Å². The summed E-state index contributed by atoms with van der Waals surface area (Å²) in [5, 5.41) is 38.4. The SMILES string of the molecule is CC[C@H]1[C@@H](/C=C/[C@@H](O)CCCCCCCC(=O)O)[C@H](O)C[C@@H]1O. The van der Waals surface area contributed by atoms with E-state index in [1.807, 2.05) is 13.0 Å². The molecule has 1 fully saturated rings. The minimum Gasteiger partial charge on any atom is -0.481 e. The van der Waals surface area contributed by atoms with E-state index >= 15 is 0 Å². The molecule has 0 radical (unpaired) electrons. The van der Waals surface area contributed by atoms with E-state index in [0.29, 0.717) is 12.8 Å². The van der Waals surface area contributed by atoms with E-state index in [1.165, 1.54) is 0 Å². The van der Waals surface area contributed by atoms with Crippen LogP contribution in [0.4, 0.5) is 0 Å². The summed E-state index contributed by atoms with van der Waals surface area (Å²) in [7, 11) is 0. The second-order valence-corrected chi connectivity index (χ2v) is 6.67. The van der Waals surface area contributed by atoms with Gasteiger partial charge in [-0.25, -0.2) is 0 Å². The number of hydrogen-bond acceptors (Lipinski definition) is 4. The number of carbonyl (C=O) groups is 1. The lowest BCUT2D eigenvalue weighted by Gasteiger charge is -2.19. The first-order valence-electron chi connectivity index (χ1n) is 8.90. The highest BCUT2D eigenvalue weighted by Gasteiger charge is 2.38. The Balaban J connectivity index is 2.18. The molecule has 0 aromatic carbocycles. The van der Waals surface area contributed by atoms with Crippen molar-refractivity contribution >= 4 is 5.97 Å². The third-order valence-electron chi connectivity index (χ3n) is 4.83. The Morgan fingerprint density at radius 1 is 1.13 bits per heavy atom. The molecular formula is C18H32O5. The first-order chi connectivity index (χ1) is 11.0. The molecule has 1 saturated carbocycles. The van der Waals surface area contributed by atoms with Crippen molar-refractivity contribution < 1.29 is 25.2 Å². The zero-order valence-electron chi connectivity index (χ0n) is 14.1. The predicted molar refractivity (Wildman–Crippen MR) is 89.0 cm³/mol. The maximum absolute atomic E-state index is 10.4. The molecule has 5 nitrogen and oxygen atoms in total. The van der Waals surface area contributed by atoms with Gasteiger partial charge in [0.25, 0.3) is 0 Å². The summed E-state index contributed by atoms with van der Waals surface area (Å²) >= 11 is 0. The standard InChI is InChI=1S/C18H32O5/c1-2-14-15(17(21)12-16(14)20)11-10-13(19)8-6-4-3-5-7-9-18(22)23/h10-11,13-17,19-21H,2-9,12H2,1H3,(H,22,23)/b11-10+/t13-,14-,15+,16-,17+/m0/s1. The van der Waals surface area contributed by atoms with Crippen LogP contribution in [0.1, 0.15) is 64.7 Å². The fourth-order valence-electron chi connectivity index (χ4n) is 3.45. The highest BCUT2D eigenvalue weighted by molar-refractivity contribution is 5.66. The van der Waals surface area contributed by atoms with E-state index in [1.54, 1.807) is 6.08 Å². The zero-order valence-corrected chi connectivity index (χ0v) is 14.1. The van der Waals surface area contributed by atoms with Gasteiger partial charge in [0.15, 0.2) is 0 Å². The van der Waals surface area contributed by atoms with Gasteiger partial charge in [-0.05, 0) is 18.8 Å². The minimum atomic E-state index is -0.741. The van der Waals surface area contributed by atoms with Crippen molar-refractivity contribution in [2.45, 2.75) is 83.0 Å². The third-order valence-corrected chi connectivity index (χ3v) is 4.83. The van der Waals surface area contributed by atoms with Crippen LogP contribution in [0.5, 0.6) is 0 Å². The van der Waals surface area contributed by atoms with E-state index in [0.717, 1.165) is 38.5 Å². The molecule has 0 unspecified atom stereocenters. The first kappa shape index (κ1) is 20.1. The maximum Gasteiger partial charge on any atom is 0.303 e. The first-order valence-corrected chi connectivity index (χ1v) is 8.90. The number of rotatable bonds is 11. The van der Waals surface area contributed by atoms with Crippen LogP contribution in [0.2, 0.25) is 0 Å². The van der Waals surface area contributed by atoms with Crippen LogP contribution in [-0.4, -0.2) is 44.7 Å². The van der Waals surface area contributed by atoms with Gasteiger partial charge in [-0.15, -0.1) is 0 Å². The van der Waals surface area contributed by atoms with Crippen molar-refractivity contribution in [3.05, 3.63) is 12.2 Å². The lowest BCUT2D eigenvalue weighted by molar-refractivity contribution is -0.137. The molecule has 1 aliphatic carbocycles. The molecule has 1 aliphatic rings. The summed E-state index contributed by atoms with van der Waals surface area (Å²) in [6.45, 7) is 2.01. The van der Waals surface area contributed by atoms with E-state index in [4.69, 9.17) is 5.11 Å². The minimum absolute atomic E-state index is 0.0688. The quantitative estimate of drug-likeness (QED) is 0.345. The Labute approximate surface area is 139 Å². The average molecular weight is 328 g/mol. The van der Waals surface area contributed by atoms with E-state index in [2.05, 4.69) is 0 Å². The van der Waals surface area contributed by atoms with Crippen LogP contribution in [-0.2, 0) is 4.79 Å². The lowest BCUT2D eigenvalue weighted by atomic mass is 9.90. The number of aliphatic hydroxyl groups excluding tert-OH is 3. The van der Waals surface area contributed by atoms with Gasteiger partial charge in [0, 0.05) is 18.8 Å². The van der Waals surface area contributed by atoms with Gasteiger partial charge in [0.05, 0.1) is 18.3 Å². The van der Waals surface area contributed by atoms with Crippen molar-refractivity contribution in [3.63, 3.8) is 0 Å². The molecular weight excluding hydrogens is 296 g/mol. The second-order valence-electron chi connectivity index (χ2n) is 6.67. The highest BCUT2D eigenvalue weighted by Crippen LogP contribution is 2.35. The number of carboxylic acid groups (broad SMARTS) is 1. The summed E-state index contributed by atoms with van der Waals surface area (Å²) in [4.78, 5) is 10.4. The Morgan fingerprint density at radius 3 is 2.43 bits per heavy atom. The van der Waals surface area contributed by atoms with Gasteiger partial charge in [0.1, 0.15) is 0 Å². The number of carboxylic acids is 1. The van der Waals surface area contributed by atoms with Crippen molar-refractivity contribution in [1.82, 2.24) is 0 Å². The molecule has 0 aromatic heterocycles. The monoisotopic (exact) mass is 328 g/mol. The summed E-state index contributed by atoms with van der Waals surface area (Å²) in [5.74, 6) is -0.737. The largest absolute Gasteiger partial charge is 0.481 e. The second kappa shape index (κ2) is 10.8. The normalized spacial score (nSPS) is 29.2. The van der Waals surface area contributed by atoms with Gasteiger partial charge >= 0.3 is 5.97 Å². The Kier molecular flexibility index (Phi) is 9.44. The van der Waals surface area contributed by atoms with E-state index in [9.17, 15) is 20.1 Å². The Morgan fingerprint density at radius 2 is 1.78 bits per heavy atom. The van der Waals surface area contributed by atoms with Crippen LogP contribution in [0.15, 0.2) is 12.2 Å². The van der Waals surface area contributed by atoms with Crippen molar-refractivity contribution in [3.8, 4) is 0 Å². The average Bonchev–Trinajstić information content (AvgIpc) is 2.76. The third kappa shape index (κ3) is 7.46. The van der Waals surface area contributed by atoms with Crippen LogP contribution < -0.4 is 0 Å². The molecule has 1 rings (SSSR count). The molecule has 0 saturated heterocycles. The lowest BCUT2D eigenvalue weighted by Crippen LogP contribution is -2.20. The Hall–Kier alpha value is -0.910. The molecule has 134 valence electrons. The summed E-state index contributed by atoms with van der Waals surface area (Å²) in [5.41, 5.74) is 0. The summed E-state index contributed by atoms with van der Waals surface area (Å²) in [6, 6.07) is 0. The number of aliphatic hydroxyl groups is 3. The molecule has 0 heterocycles. The van der Waals surface area contributed by atoms with Crippen LogP contribution in [0.25, 0.3) is 0 Å². The molecule has 0 aromatic rings. The van der Waals surface area contributed by atoms with E-state index in [-0.39, 0.29) is 18.3 Å². The van der Waals surface area contributed by atoms with Gasteiger partial charge < -0.3 is 20.4 Å². The molecule has 5 heteroatoms. The number of hydrogen-bond donors (Lipinski definition) is 4. The molecule has 5 atom stereocenters. The highest BCUT2D eigenvalue weighted by atomic mass is 16.4. The van der Waals surface area contributed by atoms with E-state index < -0.39 is 24.3 Å². The van der Waals surface area contributed by atoms with Crippen LogP contribution >= 0.6 is 0 Å². The molecule has 23 heavy (non-hydrogen) atoms. The van der Waals surface area contributed by atoms with Gasteiger partial charge in [0.2, 0.25) is 0 Å². The van der Waals surface area contributed by atoms with Crippen molar-refractivity contribution in [1.29, 1.82) is 0 Å². The van der Waals surface area contributed by atoms with Crippen LogP contribution in [0, 0.1) is 11.8 Å². The molecule has 0 amide bonds. The van der Waals surface area contributed by atoms with Gasteiger partial charge in [-0.2, -0.15) is 0 Å². The summed E-state index contributed by atoms with van der Waals surface area (Å²) in [6.07, 6.45) is 8.81. The molecule has 4 N–H and O–H groups in total.